The fourth-order valence-corrected chi connectivity index (χ4v) is 4.91. The molecular formula is C17H25N5S. The minimum atomic E-state index is 0.229. The molecule has 0 spiro atoms. The van der Waals surface area contributed by atoms with Crippen LogP contribution in [0.15, 0.2) is 17.5 Å². The fraction of sp³-hybridized carbons (Fsp3) is 0.706. The van der Waals surface area contributed by atoms with E-state index >= 15 is 0 Å². The van der Waals surface area contributed by atoms with Crippen LogP contribution in [0.25, 0.3) is 0 Å². The highest BCUT2D eigenvalue weighted by Gasteiger charge is 2.31. The average molecular weight is 331 g/mol. The molecule has 0 unspecified atom stereocenters. The monoisotopic (exact) mass is 331 g/mol. The summed E-state index contributed by atoms with van der Waals surface area (Å²) >= 11 is 1.83. The van der Waals surface area contributed by atoms with Gasteiger partial charge in [0.15, 0.2) is 5.82 Å². The van der Waals surface area contributed by atoms with Gasteiger partial charge in [-0.3, -0.25) is 4.90 Å². The molecule has 1 aliphatic heterocycles. The standard InChI is InChI=1S/C17H25N5S/c1-3-8-14(9-4-1)22-17(18-19-20-22)16(15-10-7-13-23-15)21-11-5-2-6-12-21/h7,10,13-14,16H,1-6,8-9,11-12H2/t16-/m1/s1. The first-order valence-corrected chi connectivity index (χ1v) is 9.86. The van der Waals surface area contributed by atoms with Crippen LogP contribution in [0.1, 0.15) is 74.2 Å². The van der Waals surface area contributed by atoms with Crippen molar-refractivity contribution in [1.82, 2.24) is 25.1 Å². The maximum Gasteiger partial charge on any atom is 0.174 e. The first-order valence-electron chi connectivity index (χ1n) is 8.99. The van der Waals surface area contributed by atoms with E-state index in [0.717, 1.165) is 18.9 Å². The molecule has 2 fully saturated rings. The Morgan fingerprint density at radius 3 is 2.57 bits per heavy atom. The van der Waals surface area contributed by atoms with Crippen LogP contribution in [-0.4, -0.2) is 38.2 Å². The smallest absolute Gasteiger partial charge is 0.174 e. The number of piperidine rings is 1. The summed E-state index contributed by atoms with van der Waals surface area (Å²) in [6.07, 6.45) is 10.3. The number of hydrogen-bond acceptors (Lipinski definition) is 5. The van der Waals surface area contributed by atoms with Gasteiger partial charge in [-0.15, -0.1) is 16.4 Å². The Morgan fingerprint density at radius 1 is 1.04 bits per heavy atom. The highest BCUT2D eigenvalue weighted by Crippen LogP contribution is 2.35. The lowest BCUT2D eigenvalue weighted by atomic mass is 9.95. The second-order valence-electron chi connectivity index (χ2n) is 6.79. The minimum absolute atomic E-state index is 0.229. The molecule has 0 amide bonds. The molecule has 23 heavy (non-hydrogen) atoms. The molecular weight excluding hydrogens is 306 g/mol. The molecule has 6 heteroatoms. The normalized spacial score (nSPS) is 22.3. The van der Waals surface area contributed by atoms with Crippen LogP contribution in [0.4, 0.5) is 0 Å². The van der Waals surface area contributed by atoms with Gasteiger partial charge in [-0.05, 0) is 60.6 Å². The van der Waals surface area contributed by atoms with E-state index in [2.05, 4.69) is 42.6 Å². The van der Waals surface area contributed by atoms with Crippen molar-refractivity contribution in [1.29, 1.82) is 0 Å². The zero-order valence-electron chi connectivity index (χ0n) is 13.6. The van der Waals surface area contributed by atoms with Crippen molar-refractivity contribution < 1.29 is 0 Å². The zero-order valence-corrected chi connectivity index (χ0v) is 14.4. The fourth-order valence-electron chi connectivity index (χ4n) is 4.06. The second kappa shape index (κ2) is 7.09. The van der Waals surface area contributed by atoms with Crippen molar-refractivity contribution in [2.45, 2.75) is 63.5 Å². The summed E-state index contributed by atoms with van der Waals surface area (Å²) < 4.78 is 2.15. The molecule has 4 rings (SSSR count). The summed E-state index contributed by atoms with van der Waals surface area (Å²) in [6, 6.07) is 5.10. The average Bonchev–Trinajstić information content (AvgIpc) is 3.30. The number of tetrazole rings is 1. The number of hydrogen-bond donors (Lipinski definition) is 0. The summed E-state index contributed by atoms with van der Waals surface area (Å²) in [4.78, 5) is 3.96. The maximum absolute atomic E-state index is 4.49. The van der Waals surface area contributed by atoms with Gasteiger partial charge in [0.1, 0.15) is 6.04 Å². The van der Waals surface area contributed by atoms with Crippen molar-refractivity contribution in [2.75, 3.05) is 13.1 Å². The zero-order chi connectivity index (χ0) is 15.5. The van der Waals surface area contributed by atoms with Gasteiger partial charge in [-0.1, -0.05) is 31.7 Å². The number of rotatable bonds is 4. The van der Waals surface area contributed by atoms with E-state index in [9.17, 15) is 0 Å². The lowest BCUT2D eigenvalue weighted by molar-refractivity contribution is 0.174. The van der Waals surface area contributed by atoms with Crippen LogP contribution < -0.4 is 0 Å². The van der Waals surface area contributed by atoms with Gasteiger partial charge < -0.3 is 0 Å². The molecule has 0 aromatic carbocycles. The Kier molecular flexibility index (Phi) is 4.71. The Balaban J connectivity index is 1.67. The van der Waals surface area contributed by atoms with E-state index in [1.807, 2.05) is 11.3 Å². The van der Waals surface area contributed by atoms with Crippen LogP contribution in [0.5, 0.6) is 0 Å². The largest absolute Gasteiger partial charge is 0.289 e. The molecule has 2 aromatic rings. The number of nitrogens with zero attached hydrogens (tertiary/aromatic N) is 5. The Labute approximate surface area is 141 Å². The lowest BCUT2D eigenvalue weighted by Crippen LogP contribution is -2.36. The van der Waals surface area contributed by atoms with Gasteiger partial charge in [0.05, 0.1) is 6.04 Å². The topological polar surface area (TPSA) is 46.8 Å². The Morgan fingerprint density at radius 2 is 1.83 bits per heavy atom. The van der Waals surface area contributed by atoms with Crippen molar-refractivity contribution in [3.05, 3.63) is 28.2 Å². The van der Waals surface area contributed by atoms with Gasteiger partial charge in [0.2, 0.25) is 0 Å². The molecule has 124 valence electrons. The third-order valence-electron chi connectivity index (χ3n) is 5.25. The predicted molar refractivity (Wildman–Crippen MR) is 91.5 cm³/mol. The molecule has 0 N–H and O–H groups in total. The summed E-state index contributed by atoms with van der Waals surface area (Å²) in [7, 11) is 0. The molecule has 5 nitrogen and oxygen atoms in total. The van der Waals surface area contributed by atoms with E-state index in [0.29, 0.717) is 6.04 Å². The summed E-state index contributed by atoms with van der Waals surface area (Å²) in [6.45, 7) is 2.31. The number of thiophene rings is 1. The highest BCUT2D eigenvalue weighted by molar-refractivity contribution is 7.10. The van der Waals surface area contributed by atoms with Crippen molar-refractivity contribution >= 4 is 11.3 Å². The summed E-state index contributed by atoms with van der Waals surface area (Å²) in [5, 5.41) is 15.1. The highest BCUT2D eigenvalue weighted by atomic mass is 32.1. The lowest BCUT2D eigenvalue weighted by Gasteiger charge is -2.34. The molecule has 2 aromatic heterocycles. The quantitative estimate of drug-likeness (QED) is 0.854. The van der Waals surface area contributed by atoms with Crippen LogP contribution in [0, 0.1) is 0 Å². The van der Waals surface area contributed by atoms with Crippen LogP contribution in [0.2, 0.25) is 0 Å². The molecule has 1 saturated carbocycles. The third kappa shape index (κ3) is 3.19. The first kappa shape index (κ1) is 15.3. The molecule has 1 aliphatic carbocycles. The maximum atomic E-state index is 4.49. The molecule has 1 saturated heterocycles. The van der Waals surface area contributed by atoms with Crippen LogP contribution >= 0.6 is 11.3 Å². The van der Waals surface area contributed by atoms with E-state index < -0.39 is 0 Å². The van der Waals surface area contributed by atoms with Gasteiger partial charge in [0.25, 0.3) is 0 Å². The van der Waals surface area contributed by atoms with Gasteiger partial charge >= 0.3 is 0 Å². The molecule has 0 bridgehead atoms. The van der Waals surface area contributed by atoms with Crippen LogP contribution in [0.3, 0.4) is 0 Å². The third-order valence-corrected chi connectivity index (χ3v) is 6.18. The van der Waals surface area contributed by atoms with E-state index in [-0.39, 0.29) is 6.04 Å². The van der Waals surface area contributed by atoms with Crippen LogP contribution in [-0.2, 0) is 0 Å². The van der Waals surface area contributed by atoms with Crippen molar-refractivity contribution in [3.63, 3.8) is 0 Å². The van der Waals surface area contributed by atoms with Crippen molar-refractivity contribution in [2.24, 2.45) is 0 Å². The molecule has 0 radical (unpaired) electrons. The van der Waals surface area contributed by atoms with Gasteiger partial charge in [-0.25, -0.2) is 4.68 Å². The Bertz CT molecular complexity index is 596. The number of aromatic nitrogens is 4. The summed E-state index contributed by atoms with van der Waals surface area (Å²) in [5.41, 5.74) is 0. The van der Waals surface area contributed by atoms with Crippen molar-refractivity contribution in [3.8, 4) is 0 Å². The summed E-state index contributed by atoms with van der Waals surface area (Å²) in [5.74, 6) is 1.06. The van der Waals surface area contributed by atoms with E-state index in [1.54, 1.807) is 0 Å². The molecule has 3 heterocycles. The van der Waals surface area contributed by atoms with E-state index in [4.69, 9.17) is 0 Å². The minimum Gasteiger partial charge on any atom is -0.289 e. The molecule has 1 atom stereocenters. The number of likely N-dealkylation sites (tertiary alicyclic amines) is 1. The predicted octanol–water partition coefficient (Wildman–Crippen LogP) is 3.82. The van der Waals surface area contributed by atoms with Gasteiger partial charge in [0, 0.05) is 4.88 Å². The SMILES string of the molecule is c1csc([C@H](c2nnnn2C2CCCCC2)N2CCCCC2)c1. The first-order chi connectivity index (χ1) is 11.4. The second-order valence-corrected chi connectivity index (χ2v) is 7.77. The Hall–Kier alpha value is -1.27. The molecule has 2 aliphatic rings. The van der Waals surface area contributed by atoms with E-state index in [1.165, 1.54) is 56.2 Å². The van der Waals surface area contributed by atoms with Gasteiger partial charge in [-0.2, -0.15) is 0 Å².